The fraction of sp³-hybridized carbons (Fsp3) is 0.222. The van der Waals surface area contributed by atoms with Gasteiger partial charge in [0.05, 0.1) is 12.5 Å². The molecule has 0 aliphatic heterocycles. The highest BCUT2D eigenvalue weighted by Crippen LogP contribution is 2.24. The van der Waals surface area contributed by atoms with Crippen LogP contribution in [0.5, 0.6) is 0 Å². The van der Waals surface area contributed by atoms with Gasteiger partial charge >= 0.3 is 0 Å². The number of hydrogen-bond donors (Lipinski definition) is 1. The van der Waals surface area contributed by atoms with E-state index < -0.39 is 0 Å². The van der Waals surface area contributed by atoms with Gasteiger partial charge in [0.15, 0.2) is 0 Å². The smallest absolute Gasteiger partial charge is 0.0641 e. The van der Waals surface area contributed by atoms with E-state index in [2.05, 4.69) is 31.9 Å². The van der Waals surface area contributed by atoms with Crippen LogP contribution in [0.15, 0.2) is 27.1 Å². The minimum absolute atomic E-state index is 0. The molecule has 14 heavy (non-hydrogen) atoms. The molecule has 2 nitrogen and oxygen atoms in total. The van der Waals surface area contributed by atoms with Crippen molar-refractivity contribution in [2.75, 3.05) is 0 Å². The summed E-state index contributed by atoms with van der Waals surface area (Å²) in [6, 6.07) is 7.62. The van der Waals surface area contributed by atoms with Gasteiger partial charge in [-0.1, -0.05) is 31.9 Å². The molecule has 0 spiro atoms. The molecule has 0 saturated carbocycles. The summed E-state index contributed by atoms with van der Waals surface area (Å²) in [7, 11) is 0. The highest BCUT2D eigenvalue weighted by Gasteiger charge is 2.06. The van der Waals surface area contributed by atoms with E-state index in [1.54, 1.807) is 0 Å². The Labute approximate surface area is 106 Å². The molecule has 0 saturated heterocycles. The predicted molar refractivity (Wildman–Crippen MR) is 66.2 cm³/mol. The van der Waals surface area contributed by atoms with Gasteiger partial charge in [0.25, 0.3) is 0 Å². The van der Waals surface area contributed by atoms with Crippen LogP contribution in [0.4, 0.5) is 0 Å². The van der Waals surface area contributed by atoms with Crippen molar-refractivity contribution in [3.8, 4) is 6.07 Å². The summed E-state index contributed by atoms with van der Waals surface area (Å²) < 4.78 is 1.93. The first kappa shape index (κ1) is 13.9. The van der Waals surface area contributed by atoms with Gasteiger partial charge in [-0.2, -0.15) is 5.26 Å². The van der Waals surface area contributed by atoms with Crippen LogP contribution in [0, 0.1) is 11.3 Å². The fourth-order valence-electron chi connectivity index (χ4n) is 1.01. The number of nitriles is 1. The molecular formula is C9H9Br2ClN2. The minimum atomic E-state index is -0.209. The molecule has 0 aliphatic carbocycles. The van der Waals surface area contributed by atoms with Crippen LogP contribution in [-0.4, -0.2) is 0 Å². The number of halogens is 3. The second-order valence-electron chi connectivity index (χ2n) is 2.67. The summed E-state index contributed by atoms with van der Waals surface area (Å²) in [4.78, 5) is 0. The van der Waals surface area contributed by atoms with Gasteiger partial charge in [-0.05, 0) is 23.8 Å². The Kier molecular flexibility index (Phi) is 6.38. The third kappa shape index (κ3) is 3.97. The highest BCUT2D eigenvalue weighted by atomic mass is 79.9. The Morgan fingerprint density at radius 3 is 2.21 bits per heavy atom. The monoisotopic (exact) mass is 338 g/mol. The summed E-state index contributed by atoms with van der Waals surface area (Å²) in [6.07, 6.45) is 0.336. The maximum absolute atomic E-state index is 8.48. The predicted octanol–water partition coefficient (Wildman–Crippen LogP) is 3.55. The van der Waals surface area contributed by atoms with Crippen LogP contribution < -0.4 is 5.73 Å². The van der Waals surface area contributed by atoms with Gasteiger partial charge in [0, 0.05) is 15.0 Å². The van der Waals surface area contributed by atoms with Crippen molar-refractivity contribution >= 4 is 44.3 Å². The molecule has 5 heteroatoms. The number of rotatable bonds is 2. The second kappa shape index (κ2) is 6.41. The van der Waals surface area contributed by atoms with Gasteiger partial charge in [0.1, 0.15) is 0 Å². The lowest BCUT2D eigenvalue weighted by molar-refractivity contribution is 0.747. The molecule has 1 rings (SSSR count). The Bertz CT molecular complexity index is 329. The molecule has 0 unspecified atom stereocenters. The number of benzene rings is 1. The van der Waals surface area contributed by atoms with E-state index in [-0.39, 0.29) is 18.4 Å². The van der Waals surface area contributed by atoms with E-state index in [0.717, 1.165) is 14.5 Å². The van der Waals surface area contributed by atoms with Crippen molar-refractivity contribution in [2.24, 2.45) is 5.73 Å². The van der Waals surface area contributed by atoms with Crippen LogP contribution in [0.1, 0.15) is 18.0 Å². The third-order valence-corrected chi connectivity index (χ3v) is 2.54. The van der Waals surface area contributed by atoms with Crippen molar-refractivity contribution in [1.29, 1.82) is 5.26 Å². The molecule has 2 N–H and O–H groups in total. The first-order chi connectivity index (χ1) is 6.13. The molecule has 1 aromatic rings. The van der Waals surface area contributed by atoms with Gasteiger partial charge in [0.2, 0.25) is 0 Å². The first-order valence-electron chi connectivity index (χ1n) is 3.72. The lowest BCUT2D eigenvalue weighted by atomic mass is 10.1. The molecule has 0 heterocycles. The van der Waals surface area contributed by atoms with Crippen LogP contribution in [-0.2, 0) is 0 Å². The Morgan fingerprint density at radius 1 is 1.29 bits per heavy atom. The normalized spacial score (nSPS) is 11.3. The van der Waals surface area contributed by atoms with Crippen LogP contribution >= 0.6 is 44.3 Å². The van der Waals surface area contributed by atoms with E-state index in [4.69, 9.17) is 11.0 Å². The lowest BCUT2D eigenvalue weighted by Crippen LogP contribution is -2.09. The summed E-state index contributed by atoms with van der Waals surface area (Å²) in [5.74, 6) is 0. The summed E-state index contributed by atoms with van der Waals surface area (Å²) in [6.45, 7) is 0. The molecule has 0 aromatic heterocycles. The van der Waals surface area contributed by atoms with E-state index in [1.807, 2.05) is 24.3 Å². The van der Waals surface area contributed by atoms with Crippen molar-refractivity contribution < 1.29 is 0 Å². The first-order valence-corrected chi connectivity index (χ1v) is 5.30. The van der Waals surface area contributed by atoms with Crippen LogP contribution in [0.25, 0.3) is 0 Å². The van der Waals surface area contributed by atoms with Crippen molar-refractivity contribution in [3.63, 3.8) is 0 Å². The molecule has 0 amide bonds. The maximum Gasteiger partial charge on any atom is 0.0641 e. The van der Waals surface area contributed by atoms with Gasteiger partial charge < -0.3 is 5.73 Å². The van der Waals surface area contributed by atoms with Crippen LogP contribution in [0.3, 0.4) is 0 Å². The Morgan fingerprint density at radius 2 is 1.79 bits per heavy atom. The lowest BCUT2D eigenvalue weighted by Gasteiger charge is -2.08. The zero-order valence-corrected chi connectivity index (χ0v) is 11.2. The molecule has 0 radical (unpaired) electrons. The zero-order chi connectivity index (χ0) is 9.84. The summed E-state index contributed by atoms with van der Waals surface area (Å²) >= 11 is 6.73. The second-order valence-corrected chi connectivity index (χ2v) is 4.50. The third-order valence-electron chi connectivity index (χ3n) is 1.62. The largest absolute Gasteiger partial charge is 0.323 e. The van der Waals surface area contributed by atoms with Crippen molar-refractivity contribution in [3.05, 3.63) is 32.7 Å². The summed E-state index contributed by atoms with van der Waals surface area (Å²) in [5.41, 5.74) is 6.74. The summed E-state index contributed by atoms with van der Waals surface area (Å²) in [5, 5.41) is 8.48. The molecule has 0 aliphatic rings. The Balaban J connectivity index is 0.00000169. The van der Waals surface area contributed by atoms with E-state index in [0.29, 0.717) is 6.42 Å². The van der Waals surface area contributed by atoms with E-state index >= 15 is 0 Å². The molecule has 0 bridgehead atoms. The number of nitrogens with zero attached hydrogens (tertiary/aromatic N) is 1. The number of nitrogens with two attached hydrogens (primary N) is 1. The van der Waals surface area contributed by atoms with Gasteiger partial charge in [-0.3, -0.25) is 0 Å². The SMILES string of the molecule is Cl.N#CC[C@@H](N)c1cc(Br)cc(Br)c1. The molecular weight excluding hydrogens is 331 g/mol. The minimum Gasteiger partial charge on any atom is -0.323 e. The standard InChI is InChI=1S/C9H8Br2N2.ClH/c10-7-3-6(4-8(11)5-7)9(13)1-2-12;/h3-5,9H,1,13H2;1H/t9-;/m1./s1. The molecule has 1 aromatic carbocycles. The molecule has 76 valence electrons. The average molecular weight is 340 g/mol. The van der Waals surface area contributed by atoms with E-state index in [1.165, 1.54) is 0 Å². The molecule has 0 fully saturated rings. The van der Waals surface area contributed by atoms with Gasteiger partial charge in [-0.15, -0.1) is 12.4 Å². The van der Waals surface area contributed by atoms with Gasteiger partial charge in [-0.25, -0.2) is 0 Å². The Hall–Kier alpha value is -0.0800. The average Bonchev–Trinajstić information content (AvgIpc) is 2.03. The highest BCUT2D eigenvalue weighted by molar-refractivity contribution is 9.11. The number of hydrogen-bond acceptors (Lipinski definition) is 2. The quantitative estimate of drug-likeness (QED) is 0.895. The van der Waals surface area contributed by atoms with Crippen LogP contribution in [0.2, 0.25) is 0 Å². The van der Waals surface area contributed by atoms with Crippen molar-refractivity contribution in [2.45, 2.75) is 12.5 Å². The topological polar surface area (TPSA) is 49.8 Å². The van der Waals surface area contributed by atoms with E-state index in [9.17, 15) is 0 Å². The zero-order valence-electron chi connectivity index (χ0n) is 7.21. The van der Waals surface area contributed by atoms with Crippen molar-refractivity contribution in [1.82, 2.24) is 0 Å². The maximum atomic E-state index is 8.48. The molecule has 1 atom stereocenters. The fourth-order valence-corrected chi connectivity index (χ4v) is 2.33.